The number of piperidine rings is 2. The van der Waals surface area contributed by atoms with Gasteiger partial charge in [-0.3, -0.25) is 9.59 Å². The van der Waals surface area contributed by atoms with E-state index in [2.05, 4.69) is 0 Å². The minimum absolute atomic E-state index is 0.0376. The molecule has 124 valence electrons. The lowest BCUT2D eigenvalue weighted by Gasteiger charge is -2.51. The van der Waals surface area contributed by atoms with Crippen molar-refractivity contribution in [3.63, 3.8) is 0 Å². The van der Waals surface area contributed by atoms with E-state index in [0.717, 1.165) is 12.8 Å². The Labute approximate surface area is 145 Å². The van der Waals surface area contributed by atoms with E-state index in [0.29, 0.717) is 29.4 Å². The third-order valence-electron chi connectivity index (χ3n) is 4.68. The first-order chi connectivity index (χ1) is 10.9. The Balaban J connectivity index is 1.88. The lowest BCUT2D eigenvalue weighted by atomic mass is 9.90. The van der Waals surface area contributed by atoms with Crippen molar-refractivity contribution in [3.8, 4) is 5.75 Å². The Morgan fingerprint density at radius 2 is 1.74 bits per heavy atom. The molecule has 0 N–H and O–H groups in total. The summed E-state index contributed by atoms with van der Waals surface area (Å²) in [6, 6.07) is 3.37. The fourth-order valence-corrected chi connectivity index (χ4v) is 3.91. The number of fused-ring (bicyclic) bond motifs is 3. The zero-order valence-corrected chi connectivity index (χ0v) is 14.5. The van der Waals surface area contributed by atoms with Gasteiger partial charge in [0, 0.05) is 32.1 Å². The van der Waals surface area contributed by atoms with E-state index in [1.165, 1.54) is 7.11 Å². The highest BCUT2D eigenvalue weighted by atomic mass is 35.5. The molecule has 5 nitrogen and oxygen atoms in total. The number of halogens is 2. The fourth-order valence-electron chi connectivity index (χ4n) is 3.52. The summed E-state index contributed by atoms with van der Waals surface area (Å²) >= 11 is 12.1. The third kappa shape index (κ3) is 2.76. The number of hydrogen-bond acceptors (Lipinski definition) is 3. The second-order valence-corrected chi connectivity index (χ2v) is 6.74. The van der Waals surface area contributed by atoms with Gasteiger partial charge in [-0.05, 0) is 25.0 Å². The predicted molar refractivity (Wildman–Crippen MR) is 88.2 cm³/mol. The number of piperazine rings is 1. The molecule has 3 aliphatic rings. The zero-order chi connectivity index (χ0) is 16.7. The molecule has 2 atom stereocenters. The molecule has 23 heavy (non-hydrogen) atoms. The van der Waals surface area contributed by atoms with Crippen LogP contribution in [-0.2, 0) is 4.79 Å². The van der Waals surface area contributed by atoms with Gasteiger partial charge in [-0.2, -0.15) is 0 Å². The average Bonchev–Trinajstić information content (AvgIpc) is 2.56. The minimum atomic E-state index is -0.127. The van der Waals surface area contributed by atoms with E-state index in [1.807, 2.05) is 9.80 Å². The summed E-state index contributed by atoms with van der Waals surface area (Å²) in [4.78, 5) is 28.3. The summed E-state index contributed by atoms with van der Waals surface area (Å²) in [5.41, 5.74) is 0.406. The average molecular weight is 357 g/mol. The molecule has 2 bridgehead atoms. The quantitative estimate of drug-likeness (QED) is 0.818. The van der Waals surface area contributed by atoms with E-state index in [1.54, 1.807) is 19.1 Å². The zero-order valence-electron chi connectivity index (χ0n) is 13.0. The van der Waals surface area contributed by atoms with Crippen molar-refractivity contribution in [2.45, 2.75) is 31.8 Å². The first kappa shape index (κ1) is 16.4. The van der Waals surface area contributed by atoms with Crippen molar-refractivity contribution in [1.82, 2.24) is 9.80 Å². The van der Waals surface area contributed by atoms with Gasteiger partial charge in [0.1, 0.15) is 5.02 Å². The molecule has 7 heteroatoms. The normalized spacial score (nSPS) is 23.1. The second-order valence-electron chi connectivity index (χ2n) is 5.96. The molecule has 2 unspecified atom stereocenters. The highest BCUT2D eigenvalue weighted by molar-refractivity contribution is 6.43. The lowest BCUT2D eigenvalue weighted by molar-refractivity contribution is -0.138. The summed E-state index contributed by atoms with van der Waals surface area (Å²) in [7, 11) is 1.47. The number of carbonyl (C=O) groups is 2. The van der Waals surface area contributed by atoms with Crippen LogP contribution >= 0.6 is 23.2 Å². The maximum Gasteiger partial charge on any atom is 0.258 e. The Morgan fingerprint density at radius 1 is 1.13 bits per heavy atom. The van der Waals surface area contributed by atoms with Crippen molar-refractivity contribution in [2.24, 2.45) is 0 Å². The van der Waals surface area contributed by atoms with Gasteiger partial charge in [0.05, 0.1) is 17.7 Å². The molecule has 0 aliphatic carbocycles. The van der Waals surface area contributed by atoms with Crippen LogP contribution in [0, 0.1) is 0 Å². The van der Waals surface area contributed by atoms with Gasteiger partial charge in [0.15, 0.2) is 5.75 Å². The van der Waals surface area contributed by atoms with Gasteiger partial charge >= 0.3 is 0 Å². The van der Waals surface area contributed by atoms with Crippen molar-refractivity contribution in [1.29, 1.82) is 0 Å². The predicted octanol–water partition coefficient (Wildman–Crippen LogP) is 2.84. The second kappa shape index (κ2) is 6.21. The largest absolute Gasteiger partial charge is 0.494 e. The molecule has 3 aliphatic heterocycles. The van der Waals surface area contributed by atoms with Crippen LogP contribution in [-0.4, -0.2) is 53.9 Å². The van der Waals surface area contributed by atoms with Crippen LogP contribution in [0.2, 0.25) is 10.0 Å². The fraction of sp³-hybridized carbons (Fsp3) is 0.500. The summed E-state index contributed by atoms with van der Waals surface area (Å²) in [5, 5.41) is 0.593. The SMILES string of the molecule is COc1c(C(=O)N2CC3CCC2CN3C(C)=O)ccc(Cl)c1Cl. The van der Waals surface area contributed by atoms with Crippen molar-refractivity contribution in [3.05, 3.63) is 27.7 Å². The van der Waals surface area contributed by atoms with Gasteiger partial charge in [-0.15, -0.1) is 0 Å². The molecule has 0 aromatic heterocycles. The minimum Gasteiger partial charge on any atom is -0.494 e. The molecule has 1 aromatic rings. The van der Waals surface area contributed by atoms with E-state index in [9.17, 15) is 9.59 Å². The lowest BCUT2D eigenvalue weighted by Crippen LogP contribution is -2.64. The van der Waals surface area contributed by atoms with Gasteiger partial charge < -0.3 is 14.5 Å². The molecule has 3 fully saturated rings. The van der Waals surface area contributed by atoms with Crippen molar-refractivity contribution >= 4 is 35.0 Å². The molecule has 3 saturated heterocycles. The van der Waals surface area contributed by atoms with E-state index in [4.69, 9.17) is 27.9 Å². The summed E-state index contributed by atoms with van der Waals surface area (Å²) in [6.07, 6.45) is 1.84. The topological polar surface area (TPSA) is 49.9 Å². The highest BCUT2D eigenvalue weighted by Crippen LogP contribution is 2.37. The molecule has 0 radical (unpaired) electrons. The van der Waals surface area contributed by atoms with E-state index < -0.39 is 0 Å². The van der Waals surface area contributed by atoms with E-state index >= 15 is 0 Å². The van der Waals surface area contributed by atoms with Crippen LogP contribution in [0.3, 0.4) is 0 Å². The number of methoxy groups -OCH3 is 1. The molecular formula is C16H18Cl2N2O3. The third-order valence-corrected chi connectivity index (χ3v) is 5.47. The van der Waals surface area contributed by atoms with Crippen LogP contribution in [0.15, 0.2) is 12.1 Å². The van der Waals surface area contributed by atoms with Crippen LogP contribution in [0.25, 0.3) is 0 Å². The monoisotopic (exact) mass is 356 g/mol. The van der Waals surface area contributed by atoms with Crippen LogP contribution < -0.4 is 4.74 Å². The molecule has 2 amide bonds. The van der Waals surface area contributed by atoms with Crippen LogP contribution in [0.5, 0.6) is 5.75 Å². The number of amides is 2. The Morgan fingerprint density at radius 3 is 2.26 bits per heavy atom. The molecule has 3 heterocycles. The van der Waals surface area contributed by atoms with Gasteiger partial charge in [0.2, 0.25) is 5.91 Å². The summed E-state index contributed by atoms with van der Waals surface area (Å²) in [5.74, 6) is 0.242. The first-order valence-electron chi connectivity index (χ1n) is 7.54. The van der Waals surface area contributed by atoms with Gasteiger partial charge in [-0.1, -0.05) is 23.2 Å². The number of hydrogen-bond donors (Lipinski definition) is 0. The highest BCUT2D eigenvalue weighted by Gasteiger charge is 2.42. The van der Waals surface area contributed by atoms with Crippen LogP contribution in [0.1, 0.15) is 30.1 Å². The smallest absolute Gasteiger partial charge is 0.258 e. The van der Waals surface area contributed by atoms with Gasteiger partial charge in [-0.25, -0.2) is 0 Å². The maximum atomic E-state index is 13.0. The molecule has 0 spiro atoms. The number of rotatable bonds is 2. The maximum absolute atomic E-state index is 13.0. The molecular weight excluding hydrogens is 339 g/mol. The van der Waals surface area contributed by atoms with Crippen molar-refractivity contribution in [2.75, 3.05) is 20.2 Å². The molecule has 1 aromatic carbocycles. The Kier molecular flexibility index (Phi) is 4.43. The Hall–Kier alpha value is -1.46. The van der Waals surface area contributed by atoms with Crippen LogP contribution in [0.4, 0.5) is 0 Å². The van der Waals surface area contributed by atoms with Gasteiger partial charge in [0.25, 0.3) is 5.91 Å². The number of benzene rings is 1. The van der Waals surface area contributed by atoms with E-state index in [-0.39, 0.29) is 28.9 Å². The molecule has 0 saturated carbocycles. The first-order valence-corrected chi connectivity index (χ1v) is 8.29. The molecule has 4 rings (SSSR count). The number of ether oxygens (including phenoxy) is 1. The van der Waals surface area contributed by atoms with Crippen molar-refractivity contribution < 1.29 is 14.3 Å². The standard InChI is InChI=1S/C16H18Cl2N2O3/c1-9(21)19-7-11-4-3-10(19)8-20(11)16(22)12-5-6-13(17)14(18)15(12)23-2/h5-6,10-11H,3-4,7-8H2,1-2H3. The number of carbonyl (C=O) groups excluding carboxylic acids is 2. The number of nitrogens with zero attached hydrogens (tertiary/aromatic N) is 2. The summed E-state index contributed by atoms with van der Waals surface area (Å²) < 4.78 is 5.28. The summed E-state index contributed by atoms with van der Waals surface area (Å²) in [6.45, 7) is 2.72. The Bertz CT molecular complexity index is 665.